The molecule has 1 aromatic carbocycles. The van der Waals surface area contributed by atoms with E-state index in [2.05, 4.69) is 0 Å². The molecule has 3 heteroatoms. The fourth-order valence-corrected chi connectivity index (χ4v) is 0.948. The Morgan fingerprint density at radius 2 is 2.25 bits per heavy atom. The lowest BCUT2D eigenvalue weighted by Crippen LogP contribution is -1.98. The van der Waals surface area contributed by atoms with E-state index in [9.17, 15) is 9.18 Å². The Bertz CT molecular complexity index is 307. The van der Waals surface area contributed by atoms with Gasteiger partial charge in [-0.2, -0.15) is 0 Å². The molecule has 0 heterocycles. The maximum atomic E-state index is 12.9. The summed E-state index contributed by atoms with van der Waals surface area (Å²) in [4.78, 5) is 10.6. The molecule has 0 atom stereocenters. The largest absolute Gasteiger partial charge is 0.508 e. The highest BCUT2D eigenvalue weighted by atomic mass is 19.1. The molecule has 0 radical (unpaired) electrons. The Hall–Kier alpha value is -1.38. The van der Waals surface area contributed by atoms with Crippen LogP contribution in [0.25, 0.3) is 0 Å². The Kier molecular flexibility index (Phi) is 2.43. The second-order valence-electron chi connectivity index (χ2n) is 2.65. The van der Waals surface area contributed by atoms with Gasteiger partial charge in [0.2, 0.25) is 0 Å². The zero-order valence-electron chi connectivity index (χ0n) is 6.67. The smallest absolute Gasteiger partial charge is 0.134 e. The van der Waals surface area contributed by atoms with Gasteiger partial charge in [-0.3, -0.25) is 4.79 Å². The Morgan fingerprint density at radius 3 is 2.75 bits per heavy atom. The summed E-state index contributed by atoms with van der Waals surface area (Å²) in [6, 6.07) is 3.77. The molecule has 0 bridgehead atoms. The van der Waals surface area contributed by atoms with E-state index < -0.39 is 5.82 Å². The number of hydrogen-bond donors (Lipinski definition) is 1. The van der Waals surface area contributed by atoms with Crippen LogP contribution in [0.15, 0.2) is 18.2 Å². The van der Waals surface area contributed by atoms with Crippen molar-refractivity contribution in [2.45, 2.75) is 13.3 Å². The molecule has 0 aliphatic heterocycles. The number of phenols is 1. The molecule has 1 rings (SSSR count). The van der Waals surface area contributed by atoms with Gasteiger partial charge in [0.15, 0.2) is 0 Å². The highest BCUT2D eigenvalue weighted by Gasteiger charge is 2.04. The van der Waals surface area contributed by atoms with Crippen LogP contribution in [0.2, 0.25) is 0 Å². The first-order valence-corrected chi connectivity index (χ1v) is 3.56. The summed E-state index contributed by atoms with van der Waals surface area (Å²) in [5.74, 6) is -0.760. The van der Waals surface area contributed by atoms with Crippen molar-refractivity contribution >= 4 is 5.78 Å². The fraction of sp³-hybridized carbons (Fsp3) is 0.222. The van der Waals surface area contributed by atoms with Gasteiger partial charge >= 0.3 is 0 Å². The van der Waals surface area contributed by atoms with Gasteiger partial charge < -0.3 is 5.11 Å². The monoisotopic (exact) mass is 168 g/mol. The third kappa shape index (κ3) is 2.05. The second kappa shape index (κ2) is 3.34. The van der Waals surface area contributed by atoms with Crippen LogP contribution >= 0.6 is 0 Å². The number of phenolic OH excluding ortho intramolecular Hbond substituents is 1. The molecule has 1 aromatic rings. The van der Waals surface area contributed by atoms with Crippen molar-refractivity contribution in [3.8, 4) is 5.75 Å². The molecule has 2 nitrogen and oxygen atoms in total. The van der Waals surface area contributed by atoms with E-state index >= 15 is 0 Å². The first-order chi connectivity index (χ1) is 5.59. The van der Waals surface area contributed by atoms with Gasteiger partial charge in [-0.05, 0) is 18.6 Å². The lowest BCUT2D eigenvalue weighted by atomic mass is 10.1. The predicted octanol–water partition coefficient (Wildman–Crippen LogP) is 1.66. The molecule has 12 heavy (non-hydrogen) atoms. The molecule has 0 spiro atoms. The van der Waals surface area contributed by atoms with Crippen molar-refractivity contribution in [3.05, 3.63) is 29.6 Å². The molecule has 0 fully saturated rings. The van der Waals surface area contributed by atoms with Crippen molar-refractivity contribution < 1.29 is 14.3 Å². The molecule has 64 valence electrons. The van der Waals surface area contributed by atoms with Gasteiger partial charge in [0.25, 0.3) is 0 Å². The van der Waals surface area contributed by atoms with E-state index in [1.54, 1.807) is 0 Å². The van der Waals surface area contributed by atoms with Crippen molar-refractivity contribution in [2.24, 2.45) is 0 Å². The third-order valence-corrected chi connectivity index (χ3v) is 1.48. The molecule has 0 unspecified atom stereocenters. The SMILES string of the molecule is CC(=O)Cc1ccc(O)cc1F. The summed E-state index contributed by atoms with van der Waals surface area (Å²) < 4.78 is 12.9. The van der Waals surface area contributed by atoms with E-state index in [1.807, 2.05) is 0 Å². The second-order valence-corrected chi connectivity index (χ2v) is 2.65. The van der Waals surface area contributed by atoms with Gasteiger partial charge in [0.05, 0.1) is 0 Å². The summed E-state index contributed by atoms with van der Waals surface area (Å²) >= 11 is 0. The van der Waals surface area contributed by atoms with Crippen molar-refractivity contribution in [3.63, 3.8) is 0 Å². The molecule has 0 aliphatic rings. The van der Waals surface area contributed by atoms with Crippen LogP contribution in [0.3, 0.4) is 0 Å². The van der Waals surface area contributed by atoms with E-state index in [4.69, 9.17) is 5.11 Å². The van der Waals surface area contributed by atoms with Crippen LogP contribution in [0.5, 0.6) is 5.75 Å². The molecular weight excluding hydrogens is 159 g/mol. The first kappa shape index (κ1) is 8.71. The van der Waals surface area contributed by atoms with Gasteiger partial charge in [0, 0.05) is 12.5 Å². The number of benzene rings is 1. The summed E-state index contributed by atoms with van der Waals surface area (Å²) in [6.07, 6.45) is 0.0755. The zero-order valence-corrected chi connectivity index (χ0v) is 6.67. The maximum absolute atomic E-state index is 12.9. The molecule has 0 aliphatic carbocycles. The number of hydrogen-bond acceptors (Lipinski definition) is 2. The van der Waals surface area contributed by atoms with Gasteiger partial charge in [-0.1, -0.05) is 6.07 Å². The van der Waals surface area contributed by atoms with E-state index in [0.717, 1.165) is 6.07 Å². The highest BCUT2D eigenvalue weighted by molar-refractivity contribution is 5.78. The van der Waals surface area contributed by atoms with Crippen LogP contribution < -0.4 is 0 Å². The Morgan fingerprint density at radius 1 is 1.58 bits per heavy atom. The maximum Gasteiger partial charge on any atom is 0.134 e. The quantitative estimate of drug-likeness (QED) is 0.729. The Labute approximate surface area is 69.6 Å². The number of rotatable bonds is 2. The molecule has 1 N–H and O–H groups in total. The normalized spacial score (nSPS) is 9.83. The minimum Gasteiger partial charge on any atom is -0.508 e. The molecule has 0 amide bonds. The van der Waals surface area contributed by atoms with Gasteiger partial charge in [-0.25, -0.2) is 4.39 Å². The summed E-state index contributed by atoms with van der Waals surface area (Å²) in [5.41, 5.74) is 0.320. The van der Waals surface area contributed by atoms with E-state index in [-0.39, 0.29) is 18.0 Å². The number of halogens is 1. The minimum absolute atomic E-state index is 0.0755. The van der Waals surface area contributed by atoms with Crippen LogP contribution in [0.4, 0.5) is 4.39 Å². The first-order valence-electron chi connectivity index (χ1n) is 3.56. The fourth-order valence-electron chi connectivity index (χ4n) is 0.948. The summed E-state index contributed by atoms with van der Waals surface area (Å²) in [6.45, 7) is 1.40. The third-order valence-electron chi connectivity index (χ3n) is 1.48. The lowest BCUT2D eigenvalue weighted by Gasteiger charge is -1.99. The number of Topliss-reactive ketones (excluding diaryl/α,β-unsaturated/α-hetero) is 1. The number of carbonyl (C=O) groups excluding carboxylic acids is 1. The number of aromatic hydroxyl groups is 1. The van der Waals surface area contributed by atoms with Gasteiger partial charge in [0.1, 0.15) is 17.3 Å². The van der Waals surface area contributed by atoms with Crippen LogP contribution in [0, 0.1) is 5.82 Å². The molecule has 0 aromatic heterocycles. The minimum atomic E-state index is -0.537. The molecule has 0 saturated carbocycles. The van der Waals surface area contributed by atoms with Crippen LogP contribution in [0.1, 0.15) is 12.5 Å². The number of carbonyl (C=O) groups is 1. The van der Waals surface area contributed by atoms with Gasteiger partial charge in [-0.15, -0.1) is 0 Å². The topological polar surface area (TPSA) is 37.3 Å². The lowest BCUT2D eigenvalue weighted by molar-refractivity contribution is -0.116. The average Bonchev–Trinajstić information content (AvgIpc) is 1.94. The average molecular weight is 168 g/mol. The Balaban J connectivity index is 2.93. The predicted molar refractivity (Wildman–Crippen MR) is 42.4 cm³/mol. The van der Waals surface area contributed by atoms with Crippen molar-refractivity contribution in [2.75, 3.05) is 0 Å². The van der Waals surface area contributed by atoms with Crippen LogP contribution in [-0.4, -0.2) is 10.9 Å². The summed E-state index contributed by atoms with van der Waals surface area (Å²) in [5, 5.41) is 8.85. The molecular formula is C9H9FO2. The van der Waals surface area contributed by atoms with E-state index in [0.29, 0.717) is 5.56 Å². The summed E-state index contributed by atoms with van der Waals surface area (Å²) in [7, 11) is 0. The zero-order chi connectivity index (χ0) is 9.14. The molecule has 0 saturated heterocycles. The van der Waals surface area contributed by atoms with Crippen LogP contribution in [-0.2, 0) is 11.2 Å². The number of ketones is 1. The standard InChI is InChI=1S/C9H9FO2/c1-6(11)4-7-2-3-8(12)5-9(7)10/h2-3,5,12H,4H2,1H3. The highest BCUT2D eigenvalue weighted by Crippen LogP contribution is 2.15. The van der Waals surface area contributed by atoms with Crippen molar-refractivity contribution in [1.29, 1.82) is 0 Å². The van der Waals surface area contributed by atoms with E-state index in [1.165, 1.54) is 19.1 Å². The van der Waals surface area contributed by atoms with Crippen molar-refractivity contribution in [1.82, 2.24) is 0 Å².